The number of carbonyl (C=O) groups is 1. The standard InChI is InChI=1S/C18H24N6O/c1-4-15-7-5-6-13(2)17(15)20-16-12-19-22-18(21-16)24-10-8-23(9-11-24)14(3)25/h5-7,12H,4,8-11H2,1-3H3,(H,20,21,22). The van der Waals surface area contributed by atoms with Gasteiger partial charge in [0, 0.05) is 38.8 Å². The zero-order valence-corrected chi connectivity index (χ0v) is 15.0. The number of hydrogen-bond donors (Lipinski definition) is 1. The van der Waals surface area contributed by atoms with Crippen LogP contribution in [0, 0.1) is 6.92 Å². The van der Waals surface area contributed by atoms with Crippen LogP contribution in [0.1, 0.15) is 25.0 Å². The molecule has 1 saturated heterocycles. The van der Waals surface area contributed by atoms with Crippen molar-refractivity contribution in [1.29, 1.82) is 0 Å². The van der Waals surface area contributed by atoms with Crippen LogP contribution in [0.15, 0.2) is 24.4 Å². The number of carbonyl (C=O) groups excluding carboxylic acids is 1. The lowest BCUT2D eigenvalue weighted by molar-refractivity contribution is -0.129. The molecular weight excluding hydrogens is 316 g/mol. The lowest BCUT2D eigenvalue weighted by atomic mass is 10.1. The predicted molar refractivity (Wildman–Crippen MR) is 98.1 cm³/mol. The van der Waals surface area contributed by atoms with Crippen molar-refractivity contribution in [3.63, 3.8) is 0 Å². The van der Waals surface area contributed by atoms with Crippen LogP contribution in [0.5, 0.6) is 0 Å². The first-order valence-corrected chi connectivity index (χ1v) is 8.64. The van der Waals surface area contributed by atoms with E-state index in [1.807, 2.05) is 4.90 Å². The Kier molecular flexibility index (Phi) is 5.11. The molecule has 1 amide bonds. The number of aromatic nitrogens is 3. The van der Waals surface area contributed by atoms with Gasteiger partial charge in [-0.05, 0) is 24.5 Å². The zero-order valence-electron chi connectivity index (χ0n) is 15.0. The second kappa shape index (κ2) is 7.46. The third kappa shape index (κ3) is 3.87. The first-order valence-electron chi connectivity index (χ1n) is 8.64. The Bertz CT molecular complexity index is 755. The van der Waals surface area contributed by atoms with E-state index in [9.17, 15) is 4.79 Å². The summed E-state index contributed by atoms with van der Waals surface area (Å²) < 4.78 is 0. The molecule has 1 aromatic carbocycles. The number of anilines is 3. The molecule has 0 saturated carbocycles. The number of nitrogens with one attached hydrogen (secondary N) is 1. The molecule has 0 atom stereocenters. The van der Waals surface area contributed by atoms with E-state index in [-0.39, 0.29) is 5.91 Å². The van der Waals surface area contributed by atoms with Crippen molar-refractivity contribution in [2.45, 2.75) is 27.2 Å². The summed E-state index contributed by atoms with van der Waals surface area (Å²) in [7, 11) is 0. The summed E-state index contributed by atoms with van der Waals surface area (Å²) >= 11 is 0. The number of rotatable bonds is 4. The van der Waals surface area contributed by atoms with E-state index in [2.05, 4.69) is 57.4 Å². The summed E-state index contributed by atoms with van der Waals surface area (Å²) in [4.78, 5) is 20.0. The van der Waals surface area contributed by atoms with Gasteiger partial charge in [-0.1, -0.05) is 25.1 Å². The Morgan fingerprint density at radius 2 is 2.00 bits per heavy atom. The first-order chi connectivity index (χ1) is 12.1. The Hall–Kier alpha value is -2.70. The Balaban J connectivity index is 1.76. The van der Waals surface area contributed by atoms with Crippen LogP contribution in [-0.2, 0) is 11.2 Å². The van der Waals surface area contributed by atoms with Crippen LogP contribution < -0.4 is 10.2 Å². The zero-order chi connectivity index (χ0) is 17.8. The molecule has 1 N–H and O–H groups in total. The van der Waals surface area contributed by atoms with Crippen LogP contribution in [0.4, 0.5) is 17.5 Å². The van der Waals surface area contributed by atoms with Crippen molar-refractivity contribution in [3.05, 3.63) is 35.5 Å². The minimum absolute atomic E-state index is 0.112. The summed E-state index contributed by atoms with van der Waals surface area (Å²) in [6.45, 7) is 8.63. The average Bonchev–Trinajstić information content (AvgIpc) is 2.63. The van der Waals surface area contributed by atoms with E-state index >= 15 is 0 Å². The molecular formula is C18H24N6O. The molecule has 0 radical (unpaired) electrons. The molecule has 1 aliphatic rings. The molecule has 25 heavy (non-hydrogen) atoms. The van der Waals surface area contributed by atoms with Crippen LogP contribution in [0.2, 0.25) is 0 Å². The maximum atomic E-state index is 11.4. The van der Waals surface area contributed by atoms with E-state index in [1.165, 1.54) is 11.1 Å². The number of para-hydroxylation sites is 1. The van der Waals surface area contributed by atoms with Gasteiger partial charge in [-0.2, -0.15) is 10.1 Å². The fourth-order valence-electron chi connectivity index (χ4n) is 3.04. The molecule has 132 valence electrons. The molecule has 3 rings (SSSR count). The molecule has 2 heterocycles. The highest BCUT2D eigenvalue weighted by atomic mass is 16.2. The van der Waals surface area contributed by atoms with Gasteiger partial charge in [-0.3, -0.25) is 4.79 Å². The summed E-state index contributed by atoms with van der Waals surface area (Å²) in [6.07, 6.45) is 2.59. The lowest BCUT2D eigenvalue weighted by Gasteiger charge is -2.33. The summed E-state index contributed by atoms with van der Waals surface area (Å²) in [5.41, 5.74) is 3.50. The van der Waals surface area contributed by atoms with Crippen molar-refractivity contribution in [1.82, 2.24) is 20.1 Å². The molecule has 0 unspecified atom stereocenters. The number of piperazine rings is 1. The Morgan fingerprint density at radius 1 is 1.24 bits per heavy atom. The number of nitrogens with zero attached hydrogens (tertiary/aromatic N) is 5. The van der Waals surface area contributed by atoms with Crippen LogP contribution in [-0.4, -0.2) is 52.2 Å². The quantitative estimate of drug-likeness (QED) is 0.919. The van der Waals surface area contributed by atoms with Gasteiger partial charge in [0.05, 0.1) is 6.20 Å². The van der Waals surface area contributed by atoms with Crippen LogP contribution in [0.25, 0.3) is 0 Å². The lowest BCUT2D eigenvalue weighted by Crippen LogP contribution is -2.48. The molecule has 0 aliphatic carbocycles. The van der Waals surface area contributed by atoms with Gasteiger partial charge in [0.25, 0.3) is 0 Å². The van der Waals surface area contributed by atoms with Gasteiger partial charge in [0.1, 0.15) is 0 Å². The van der Waals surface area contributed by atoms with Crippen LogP contribution >= 0.6 is 0 Å². The molecule has 1 aliphatic heterocycles. The number of hydrogen-bond acceptors (Lipinski definition) is 6. The van der Waals surface area contributed by atoms with E-state index in [0.29, 0.717) is 24.9 Å². The maximum Gasteiger partial charge on any atom is 0.247 e. The second-order valence-electron chi connectivity index (χ2n) is 6.22. The van der Waals surface area contributed by atoms with E-state index in [4.69, 9.17) is 0 Å². The van der Waals surface area contributed by atoms with Crippen molar-refractivity contribution < 1.29 is 4.79 Å². The summed E-state index contributed by atoms with van der Waals surface area (Å²) in [5.74, 6) is 1.39. The second-order valence-corrected chi connectivity index (χ2v) is 6.22. The highest BCUT2D eigenvalue weighted by Gasteiger charge is 2.21. The molecule has 1 fully saturated rings. The molecule has 1 aromatic heterocycles. The molecule has 0 bridgehead atoms. The van der Waals surface area contributed by atoms with Crippen LogP contribution in [0.3, 0.4) is 0 Å². The highest BCUT2D eigenvalue weighted by molar-refractivity contribution is 5.73. The monoisotopic (exact) mass is 340 g/mol. The van der Waals surface area contributed by atoms with Gasteiger partial charge < -0.3 is 15.1 Å². The van der Waals surface area contributed by atoms with Crippen molar-refractivity contribution in [2.24, 2.45) is 0 Å². The summed E-state index contributed by atoms with van der Waals surface area (Å²) in [5, 5.41) is 11.7. The van der Waals surface area contributed by atoms with E-state index in [1.54, 1.807) is 13.1 Å². The molecule has 0 spiro atoms. The third-order valence-electron chi connectivity index (χ3n) is 4.55. The smallest absolute Gasteiger partial charge is 0.247 e. The normalized spacial score (nSPS) is 14.5. The molecule has 2 aromatic rings. The number of amides is 1. The Labute approximate surface area is 148 Å². The predicted octanol–water partition coefficient (Wildman–Crippen LogP) is 2.15. The fraction of sp³-hybridized carbons (Fsp3) is 0.444. The largest absolute Gasteiger partial charge is 0.339 e. The highest BCUT2D eigenvalue weighted by Crippen LogP contribution is 2.25. The van der Waals surface area contributed by atoms with Gasteiger partial charge >= 0.3 is 0 Å². The summed E-state index contributed by atoms with van der Waals surface area (Å²) in [6, 6.07) is 6.27. The van der Waals surface area contributed by atoms with E-state index < -0.39 is 0 Å². The minimum atomic E-state index is 0.112. The first kappa shape index (κ1) is 17.1. The van der Waals surface area contributed by atoms with Crippen molar-refractivity contribution in [3.8, 4) is 0 Å². The number of benzene rings is 1. The topological polar surface area (TPSA) is 74.2 Å². The van der Waals surface area contributed by atoms with Gasteiger partial charge in [0.2, 0.25) is 11.9 Å². The molecule has 7 heteroatoms. The maximum absolute atomic E-state index is 11.4. The SMILES string of the molecule is CCc1cccc(C)c1Nc1cnnc(N2CCN(C(C)=O)CC2)n1. The third-order valence-corrected chi connectivity index (χ3v) is 4.55. The van der Waals surface area contributed by atoms with Crippen molar-refractivity contribution in [2.75, 3.05) is 36.4 Å². The van der Waals surface area contributed by atoms with Gasteiger partial charge in [-0.15, -0.1) is 5.10 Å². The fourth-order valence-corrected chi connectivity index (χ4v) is 3.04. The van der Waals surface area contributed by atoms with Crippen molar-refractivity contribution >= 4 is 23.4 Å². The van der Waals surface area contributed by atoms with E-state index in [0.717, 1.165) is 25.2 Å². The minimum Gasteiger partial charge on any atom is -0.339 e. The molecule has 7 nitrogen and oxygen atoms in total. The number of aryl methyl sites for hydroxylation is 2. The van der Waals surface area contributed by atoms with Gasteiger partial charge in [0.15, 0.2) is 5.82 Å². The Morgan fingerprint density at radius 3 is 2.68 bits per heavy atom. The average molecular weight is 340 g/mol. The van der Waals surface area contributed by atoms with Gasteiger partial charge in [-0.25, -0.2) is 0 Å².